The first kappa shape index (κ1) is 10.8. The Hall–Kier alpha value is -1.67. The number of H-pyrrole nitrogens is 1. The van der Waals surface area contributed by atoms with Crippen LogP contribution in [0.25, 0.3) is 10.9 Å². The molecule has 0 radical (unpaired) electrons. The fraction of sp³-hybridized carbons (Fsp3) is 0.0909. The maximum atomic E-state index is 13.8. The number of aromatic nitrogens is 1. The highest BCUT2D eigenvalue weighted by molar-refractivity contribution is 9.10. The SMILES string of the molecule is Cc1cc(Br)c(F)c2c(=O)c(C#N)c[nH]c12. The van der Waals surface area contributed by atoms with Gasteiger partial charge in [-0.25, -0.2) is 4.39 Å². The van der Waals surface area contributed by atoms with Crippen molar-refractivity contribution in [1.82, 2.24) is 4.98 Å². The van der Waals surface area contributed by atoms with E-state index in [1.165, 1.54) is 6.20 Å². The molecule has 0 saturated heterocycles. The molecule has 5 heteroatoms. The van der Waals surface area contributed by atoms with E-state index in [-0.39, 0.29) is 15.4 Å². The molecule has 1 aromatic carbocycles. The van der Waals surface area contributed by atoms with E-state index in [9.17, 15) is 9.18 Å². The summed E-state index contributed by atoms with van der Waals surface area (Å²) in [5.74, 6) is -0.640. The first-order valence-electron chi connectivity index (χ1n) is 4.46. The standard InChI is InChI=1S/C11H6BrFN2O/c1-5-2-7(12)9(13)8-10(5)15-4-6(3-14)11(8)16/h2,4H,1H3,(H,15,16). The van der Waals surface area contributed by atoms with Gasteiger partial charge in [-0.1, -0.05) is 0 Å². The molecule has 0 saturated carbocycles. The summed E-state index contributed by atoms with van der Waals surface area (Å²) in [5.41, 5.74) is 0.483. The maximum Gasteiger partial charge on any atom is 0.210 e. The molecule has 2 rings (SSSR count). The van der Waals surface area contributed by atoms with Gasteiger partial charge in [-0.05, 0) is 34.5 Å². The minimum absolute atomic E-state index is 0.0778. The minimum Gasteiger partial charge on any atom is -0.359 e. The van der Waals surface area contributed by atoms with Gasteiger partial charge in [0, 0.05) is 6.20 Å². The number of pyridine rings is 1. The fourth-order valence-corrected chi connectivity index (χ4v) is 2.12. The molecule has 0 unspecified atom stereocenters. The van der Waals surface area contributed by atoms with Crippen LogP contribution in [-0.2, 0) is 0 Å². The molecule has 16 heavy (non-hydrogen) atoms. The Kier molecular flexibility index (Phi) is 2.52. The van der Waals surface area contributed by atoms with Crippen LogP contribution in [0.4, 0.5) is 4.39 Å². The molecule has 1 heterocycles. The molecule has 0 aliphatic carbocycles. The molecule has 0 aliphatic heterocycles. The van der Waals surface area contributed by atoms with Crippen LogP contribution in [0.5, 0.6) is 0 Å². The van der Waals surface area contributed by atoms with Crippen LogP contribution in [0.2, 0.25) is 0 Å². The lowest BCUT2D eigenvalue weighted by Gasteiger charge is -2.05. The summed E-state index contributed by atoms with van der Waals surface area (Å²) < 4.78 is 14.0. The van der Waals surface area contributed by atoms with Gasteiger partial charge in [0.05, 0.1) is 15.4 Å². The monoisotopic (exact) mass is 280 g/mol. The lowest BCUT2D eigenvalue weighted by atomic mass is 10.1. The van der Waals surface area contributed by atoms with E-state index in [4.69, 9.17) is 5.26 Å². The number of fused-ring (bicyclic) bond motifs is 1. The Balaban J connectivity index is 3.10. The zero-order valence-electron chi connectivity index (χ0n) is 8.27. The molecule has 0 amide bonds. The highest BCUT2D eigenvalue weighted by Gasteiger charge is 2.14. The number of nitriles is 1. The van der Waals surface area contributed by atoms with Crippen LogP contribution in [0.15, 0.2) is 21.5 Å². The number of aryl methyl sites for hydroxylation is 1. The maximum absolute atomic E-state index is 13.8. The second-order valence-corrected chi connectivity index (χ2v) is 4.24. The topological polar surface area (TPSA) is 56.6 Å². The summed E-state index contributed by atoms with van der Waals surface area (Å²) in [7, 11) is 0. The van der Waals surface area contributed by atoms with E-state index in [1.807, 2.05) is 0 Å². The molecule has 0 atom stereocenters. The molecule has 3 nitrogen and oxygen atoms in total. The predicted octanol–water partition coefficient (Wildman–Crippen LogP) is 2.61. The number of benzene rings is 1. The van der Waals surface area contributed by atoms with Crippen molar-refractivity contribution in [3.05, 3.63) is 43.9 Å². The van der Waals surface area contributed by atoms with Crippen molar-refractivity contribution in [3.8, 4) is 6.07 Å². The number of hydrogen-bond donors (Lipinski definition) is 1. The van der Waals surface area contributed by atoms with Gasteiger partial charge in [-0.3, -0.25) is 4.79 Å². The van der Waals surface area contributed by atoms with Gasteiger partial charge in [0.2, 0.25) is 5.43 Å². The zero-order chi connectivity index (χ0) is 11.9. The minimum atomic E-state index is -0.640. The van der Waals surface area contributed by atoms with Crippen LogP contribution >= 0.6 is 15.9 Å². The van der Waals surface area contributed by atoms with Gasteiger partial charge in [0.1, 0.15) is 11.6 Å². The molecule has 1 aromatic heterocycles. The van der Waals surface area contributed by atoms with E-state index in [2.05, 4.69) is 20.9 Å². The third-order valence-corrected chi connectivity index (χ3v) is 2.95. The number of aromatic amines is 1. The number of rotatable bonds is 0. The smallest absolute Gasteiger partial charge is 0.210 e. The lowest BCUT2D eigenvalue weighted by molar-refractivity contribution is 0.632. The van der Waals surface area contributed by atoms with Gasteiger partial charge in [-0.2, -0.15) is 5.26 Å². The summed E-state index contributed by atoms with van der Waals surface area (Å²) >= 11 is 3.04. The summed E-state index contributed by atoms with van der Waals surface area (Å²) in [6, 6.07) is 3.31. The van der Waals surface area contributed by atoms with Crippen molar-refractivity contribution in [2.75, 3.05) is 0 Å². The van der Waals surface area contributed by atoms with E-state index in [0.29, 0.717) is 5.52 Å². The van der Waals surface area contributed by atoms with Crippen LogP contribution < -0.4 is 5.43 Å². The number of nitrogens with zero attached hydrogens (tertiary/aromatic N) is 1. The summed E-state index contributed by atoms with van der Waals surface area (Å²) in [6.45, 7) is 1.76. The van der Waals surface area contributed by atoms with Crippen molar-refractivity contribution in [2.45, 2.75) is 6.92 Å². The Labute approximate surface area is 98.6 Å². The number of hydrogen-bond acceptors (Lipinski definition) is 2. The zero-order valence-corrected chi connectivity index (χ0v) is 9.85. The third-order valence-electron chi connectivity index (χ3n) is 2.37. The number of nitrogens with one attached hydrogen (secondary N) is 1. The number of halogens is 2. The molecule has 2 aromatic rings. The summed E-state index contributed by atoms with van der Waals surface area (Å²) in [4.78, 5) is 14.5. The van der Waals surface area contributed by atoms with Gasteiger partial charge in [-0.15, -0.1) is 0 Å². The lowest BCUT2D eigenvalue weighted by Crippen LogP contribution is -2.10. The quantitative estimate of drug-likeness (QED) is 0.807. The van der Waals surface area contributed by atoms with Gasteiger partial charge in [0.25, 0.3) is 0 Å². The molecular weight excluding hydrogens is 275 g/mol. The second-order valence-electron chi connectivity index (χ2n) is 3.38. The van der Waals surface area contributed by atoms with Crippen molar-refractivity contribution in [1.29, 1.82) is 5.26 Å². The first-order valence-corrected chi connectivity index (χ1v) is 5.25. The van der Waals surface area contributed by atoms with Crippen LogP contribution in [0, 0.1) is 24.1 Å². The van der Waals surface area contributed by atoms with Gasteiger partial charge in [0.15, 0.2) is 5.82 Å². The molecule has 0 fully saturated rings. The van der Waals surface area contributed by atoms with Crippen molar-refractivity contribution >= 4 is 26.8 Å². The predicted molar refractivity (Wildman–Crippen MR) is 61.7 cm³/mol. The van der Waals surface area contributed by atoms with E-state index in [1.54, 1.807) is 19.1 Å². The molecule has 0 bridgehead atoms. The second kappa shape index (κ2) is 3.72. The van der Waals surface area contributed by atoms with Crippen LogP contribution in [0.1, 0.15) is 11.1 Å². The van der Waals surface area contributed by atoms with E-state index >= 15 is 0 Å². The van der Waals surface area contributed by atoms with Crippen molar-refractivity contribution in [2.24, 2.45) is 0 Å². The average Bonchev–Trinajstić information content (AvgIpc) is 2.26. The van der Waals surface area contributed by atoms with Crippen molar-refractivity contribution < 1.29 is 4.39 Å². The Morgan fingerprint density at radius 3 is 2.88 bits per heavy atom. The first-order chi connectivity index (χ1) is 7.56. The Bertz CT molecular complexity index is 685. The third kappa shape index (κ3) is 1.42. The molecule has 0 aliphatic rings. The molecular formula is C11H6BrFN2O. The molecule has 0 spiro atoms. The summed E-state index contributed by atoms with van der Waals surface area (Å²) in [6.07, 6.45) is 1.30. The van der Waals surface area contributed by atoms with Crippen molar-refractivity contribution in [3.63, 3.8) is 0 Å². The van der Waals surface area contributed by atoms with E-state index < -0.39 is 11.2 Å². The van der Waals surface area contributed by atoms with Crippen LogP contribution in [-0.4, -0.2) is 4.98 Å². The van der Waals surface area contributed by atoms with Gasteiger partial charge >= 0.3 is 0 Å². The fourth-order valence-electron chi connectivity index (χ4n) is 1.58. The average molecular weight is 281 g/mol. The Morgan fingerprint density at radius 1 is 1.56 bits per heavy atom. The highest BCUT2D eigenvalue weighted by Crippen LogP contribution is 2.24. The van der Waals surface area contributed by atoms with Gasteiger partial charge < -0.3 is 4.98 Å². The van der Waals surface area contributed by atoms with Crippen LogP contribution in [0.3, 0.4) is 0 Å². The Morgan fingerprint density at radius 2 is 2.25 bits per heavy atom. The summed E-state index contributed by atoms with van der Waals surface area (Å²) in [5, 5.41) is 8.63. The molecule has 80 valence electrons. The molecule has 1 N–H and O–H groups in total. The normalized spacial score (nSPS) is 10.4. The van der Waals surface area contributed by atoms with E-state index in [0.717, 1.165) is 5.56 Å². The largest absolute Gasteiger partial charge is 0.359 e. The highest BCUT2D eigenvalue weighted by atomic mass is 79.9.